The molecule has 3 N–H and O–H groups in total. The van der Waals surface area contributed by atoms with E-state index in [1.54, 1.807) is 19.3 Å². The van der Waals surface area contributed by atoms with Crippen molar-refractivity contribution in [2.45, 2.75) is 0 Å². The third kappa shape index (κ3) is 3.55. The largest absolute Gasteiger partial charge is 0.465 e. The number of ether oxygens (including phenoxy) is 1. The molecular formula is C13H15N3O3S. The van der Waals surface area contributed by atoms with Crippen LogP contribution in [0.1, 0.15) is 14.5 Å². The molecule has 20 heavy (non-hydrogen) atoms. The quantitative estimate of drug-likeness (QED) is 0.424. The summed E-state index contributed by atoms with van der Waals surface area (Å²) in [7, 11) is 2.97. The van der Waals surface area contributed by atoms with Crippen molar-refractivity contribution in [1.29, 1.82) is 5.41 Å². The molecule has 0 bridgehead atoms. The van der Waals surface area contributed by atoms with Gasteiger partial charge < -0.3 is 20.8 Å². The average molecular weight is 293 g/mol. The average Bonchev–Trinajstić information content (AvgIpc) is 2.87. The van der Waals surface area contributed by atoms with Crippen molar-refractivity contribution in [1.82, 2.24) is 5.32 Å². The van der Waals surface area contributed by atoms with E-state index < -0.39 is 11.9 Å². The smallest absolute Gasteiger partial charge is 0.350 e. The summed E-state index contributed by atoms with van der Waals surface area (Å²) in [5.41, 5.74) is 0.923. The number of rotatable bonds is 6. The topological polar surface area (TPSA) is 91.3 Å². The van der Waals surface area contributed by atoms with E-state index in [4.69, 9.17) is 5.41 Å². The highest BCUT2D eigenvalue weighted by molar-refractivity contribution is 7.16. The fourth-order valence-corrected chi connectivity index (χ4v) is 2.41. The van der Waals surface area contributed by atoms with Crippen LogP contribution in [-0.4, -0.2) is 32.2 Å². The molecule has 0 fully saturated rings. The van der Waals surface area contributed by atoms with Crippen LogP contribution in [0, 0.1) is 5.41 Å². The Morgan fingerprint density at radius 2 is 2.20 bits per heavy atom. The Morgan fingerprint density at radius 1 is 1.50 bits per heavy atom. The molecule has 1 heterocycles. The molecule has 1 amide bonds. The number of methoxy groups -OCH3 is 1. The first-order chi connectivity index (χ1) is 9.57. The standard InChI is InChI=1S/C13H15N3O3S/c1-4-11(17)16-9-5-10(8(6-14)7-15-2)20-12(9)13(18)19-3/h4-7,14-15H,1H2,2-3H3,(H,16,17)/b8-7+,14-6?. The van der Waals surface area contributed by atoms with E-state index >= 15 is 0 Å². The van der Waals surface area contributed by atoms with Gasteiger partial charge in [0.05, 0.1) is 12.8 Å². The Kier molecular flexibility index (Phi) is 5.67. The SMILES string of the molecule is C=CC(=O)Nc1cc(/C(C=N)=C/NC)sc1C(=O)OC. The normalized spacial score (nSPS) is 10.6. The summed E-state index contributed by atoms with van der Waals surface area (Å²) in [6, 6.07) is 1.62. The lowest BCUT2D eigenvalue weighted by Crippen LogP contribution is -2.10. The highest BCUT2D eigenvalue weighted by Gasteiger charge is 2.19. The van der Waals surface area contributed by atoms with Crippen molar-refractivity contribution in [2.24, 2.45) is 0 Å². The summed E-state index contributed by atoms with van der Waals surface area (Å²) in [5.74, 6) is -0.970. The molecule has 0 aromatic carbocycles. The number of allylic oxidation sites excluding steroid dienone is 1. The van der Waals surface area contributed by atoms with Gasteiger partial charge in [0.25, 0.3) is 0 Å². The van der Waals surface area contributed by atoms with Gasteiger partial charge in [0.15, 0.2) is 0 Å². The molecule has 0 unspecified atom stereocenters. The highest BCUT2D eigenvalue weighted by Crippen LogP contribution is 2.31. The predicted molar refractivity (Wildman–Crippen MR) is 80.3 cm³/mol. The van der Waals surface area contributed by atoms with E-state index in [1.807, 2.05) is 0 Å². The molecule has 1 aromatic rings. The zero-order chi connectivity index (χ0) is 15.1. The van der Waals surface area contributed by atoms with Crippen LogP contribution >= 0.6 is 11.3 Å². The van der Waals surface area contributed by atoms with Gasteiger partial charge in [-0.25, -0.2) is 4.79 Å². The van der Waals surface area contributed by atoms with Crippen molar-refractivity contribution < 1.29 is 14.3 Å². The Morgan fingerprint density at radius 3 is 2.70 bits per heavy atom. The second kappa shape index (κ2) is 7.25. The second-order valence-corrected chi connectivity index (χ2v) is 4.62. The highest BCUT2D eigenvalue weighted by atomic mass is 32.1. The first-order valence-corrected chi connectivity index (χ1v) is 6.42. The summed E-state index contributed by atoms with van der Waals surface area (Å²) in [5, 5.41) is 12.7. The van der Waals surface area contributed by atoms with E-state index in [-0.39, 0.29) is 4.88 Å². The molecule has 106 valence electrons. The minimum Gasteiger partial charge on any atom is -0.465 e. The van der Waals surface area contributed by atoms with Crippen molar-refractivity contribution in [2.75, 3.05) is 19.5 Å². The molecule has 0 spiro atoms. The van der Waals surface area contributed by atoms with Crippen molar-refractivity contribution >= 4 is 40.7 Å². The third-order valence-corrected chi connectivity index (χ3v) is 3.45. The molecule has 0 radical (unpaired) electrons. The zero-order valence-electron chi connectivity index (χ0n) is 11.1. The van der Waals surface area contributed by atoms with Gasteiger partial charge in [-0.2, -0.15) is 0 Å². The summed E-state index contributed by atoms with van der Waals surface area (Å²) in [6.45, 7) is 3.36. The zero-order valence-corrected chi connectivity index (χ0v) is 12.0. The number of anilines is 1. The van der Waals surface area contributed by atoms with Crippen LogP contribution in [0.25, 0.3) is 5.57 Å². The van der Waals surface area contributed by atoms with Crippen LogP contribution in [0.3, 0.4) is 0 Å². The number of esters is 1. The fourth-order valence-electron chi connectivity index (χ4n) is 1.39. The van der Waals surface area contributed by atoms with Crippen LogP contribution in [0.2, 0.25) is 0 Å². The van der Waals surface area contributed by atoms with Gasteiger partial charge in [0, 0.05) is 29.9 Å². The maximum absolute atomic E-state index is 11.7. The summed E-state index contributed by atoms with van der Waals surface area (Å²) >= 11 is 1.13. The van der Waals surface area contributed by atoms with Gasteiger partial charge in [0.1, 0.15) is 4.88 Å². The minimum atomic E-state index is -0.547. The first kappa shape index (κ1) is 15.6. The van der Waals surface area contributed by atoms with Crippen LogP contribution in [-0.2, 0) is 9.53 Å². The number of hydrogen-bond donors (Lipinski definition) is 3. The molecule has 0 aliphatic rings. The van der Waals surface area contributed by atoms with Crippen LogP contribution in [0.15, 0.2) is 24.9 Å². The lowest BCUT2D eigenvalue weighted by Gasteiger charge is -2.01. The van der Waals surface area contributed by atoms with Gasteiger partial charge >= 0.3 is 5.97 Å². The molecular weight excluding hydrogens is 278 g/mol. The summed E-state index contributed by atoms with van der Waals surface area (Å²) in [4.78, 5) is 24.0. The van der Waals surface area contributed by atoms with Gasteiger partial charge in [-0.15, -0.1) is 11.3 Å². The maximum Gasteiger partial charge on any atom is 0.350 e. The van der Waals surface area contributed by atoms with Gasteiger partial charge in [-0.05, 0) is 12.1 Å². The molecule has 0 atom stereocenters. The number of carbonyl (C=O) groups excluding carboxylic acids is 2. The van der Waals surface area contributed by atoms with Crippen molar-refractivity contribution in [3.05, 3.63) is 34.7 Å². The number of amides is 1. The molecule has 1 aromatic heterocycles. The molecule has 7 heteroatoms. The Hall–Kier alpha value is -2.41. The van der Waals surface area contributed by atoms with Crippen molar-refractivity contribution in [3.8, 4) is 0 Å². The number of nitrogens with one attached hydrogen (secondary N) is 3. The monoisotopic (exact) mass is 293 g/mol. The first-order valence-electron chi connectivity index (χ1n) is 5.61. The summed E-state index contributed by atoms with van der Waals surface area (Å²) in [6.07, 6.45) is 3.89. The lowest BCUT2D eigenvalue weighted by atomic mass is 10.2. The maximum atomic E-state index is 11.7. The fraction of sp³-hybridized carbons (Fsp3) is 0.154. The van der Waals surface area contributed by atoms with E-state index in [0.29, 0.717) is 16.1 Å². The molecule has 0 saturated carbocycles. The van der Waals surface area contributed by atoms with E-state index in [0.717, 1.165) is 23.6 Å². The van der Waals surface area contributed by atoms with Crippen LogP contribution in [0.4, 0.5) is 5.69 Å². The molecule has 6 nitrogen and oxygen atoms in total. The third-order valence-electron chi connectivity index (χ3n) is 2.29. The number of carbonyl (C=O) groups is 2. The Labute approximate surface area is 120 Å². The summed E-state index contributed by atoms with van der Waals surface area (Å²) < 4.78 is 4.68. The van der Waals surface area contributed by atoms with Crippen molar-refractivity contribution in [3.63, 3.8) is 0 Å². The molecule has 1 rings (SSSR count). The van der Waals surface area contributed by atoms with E-state index in [1.165, 1.54) is 7.11 Å². The second-order valence-electron chi connectivity index (χ2n) is 3.57. The van der Waals surface area contributed by atoms with Crippen LogP contribution < -0.4 is 10.6 Å². The molecule has 0 saturated heterocycles. The Bertz CT molecular complexity index is 575. The van der Waals surface area contributed by atoms with Gasteiger partial charge in [0.2, 0.25) is 5.91 Å². The van der Waals surface area contributed by atoms with E-state index in [2.05, 4.69) is 21.9 Å². The number of thiophene rings is 1. The molecule has 0 aliphatic carbocycles. The number of hydrogen-bond acceptors (Lipinski definition) is 6. The Balaban J connectivity index is 3.27. The minimum absolute atomic E-state index is 0.265. The lowest BCUT2D eigenvalue weighted by molar-refractivity contribution is -0.111. The predicted octanol–water partition coefficient (Wildman–Crippen LogP) is 1.87. The van der Waals surface area contributed by atoms with Gasteiger partial charge in [-0.1, -0.05) is 6.58 Å². The van der Waals surface area contributed by atoms with Crippen LogP contribution in [0.5, 0.6) is 0 Å². The van der Waals surface area contributed by atoms with Gasteiger partial charge in [-0.3, -0.25) is 4.79 Å². The van der Waals surface area contributed by atoms with E-state index in [9.17, 15) is 9.59 Å². The molecule has 0 aliphatic heterocycles.